The second-order valence-corrected chi connectivity index (χ2v) is 10.1. The fourth-order valence-corrected chi connectivity index (χ4v) is 4.48. The lowest BCUT2D eigenvalue weighted by atomic mass is 10.1. The van der Waals surface area contributed by atoms with Crippen molar-refractivity contribution in [2.75, 3.05) is 5.32 Å². The average Bonchev–Trinajstić information content (AvgIpc) is 2.75. The number of nitro benzene ring substituents is 1. The maximum atomic E-state index is 13.4. The molecule has 2 aromatic carbocycles. The van der Waals surface area contributed by atoms with Crippen LogP contribution in [0.1, 0.15) is 33.3 Å². The van der Waals surface area contributed by atoms with Crippen molar-refractivity contribution in [2.45, 2.75) is 50.8 Å². The van der Waals surface area contributed by atoms with Gasteiger partial charge in [0.25, 0.3) is 11.6 Å². The van der Waals surface area contributed by atoms with E-state index in [-0.39, 0.29) is 21.8 Å². The molecule has 0 spiro atoms. The number of nitrogens with one attached hydrogen (secondary N) is 2. The Balaban J connectivity index is 2.39. The minimum Gasteiger partial charge on any atom is -0.444 e. The number of nitro groups is 1. The minimum absolute atomic E-state index is 0.0527. The van der Waals surface area contributed by atoms with Crippen LogP contribution in [0.15, 0.2) is 53.4 Å². The van der Waals surface area contributed by atoms with Gasteiger partial charge in [-0.1, -0.05) is 18.2 Å². The molecule has 1 atom stereocenters. The molecule has 0 unspecified atom stereocenters. The van der Waals surface area contributed by atoms with Gasteiger partial charge in [0.05, 0.1) is 9.82 Å². The molecule has 0 aromatic heterocycles. The SMILES string of the molecule is C[C@@H](C(=O)NO)N(Cc1ccccc1[N+](=O)[O-])S(=O)(=O)c1ccc(NC(=O)OC(C)(C)C)cc1. The van der Waals surface area contributed by atoms with Gasteiger partial charge in [-0.15, -0.1) is 0 Å². The number of rotatable bonds is 8. The first-order valence-corrected chi connectivity index (χ1v) is 11.5. The van der Waals surface area contributed by atoms with Gasteiger partial charge in [-0.25, -0.2) is 18.7 Å². The highest BCUT2D eigenvalue weighted by Crippen LogP contribution is 2.26. The van der Waals surface area contributed by atoms with Crippen molar-refractivity contribution in [1.29, 1.82) is 0 Å². The summed E-state index contributed by atoms with van der Waals surface area (Å²) < 4.78 is 32.6. The van der Waals surface area contributed by atoms with Gasteiger partial charge < -0.3 is 4.74 Å². The molecule has 2 rings (SSSR count). The molecular formula is C21H26N4O8S. The molecule has 0 aliphatic rings. The maximum absolute atomic E-state index is 13.4. The number of para-hydroxylation sites is 1. The molecule has 0 radical (unpaired) electrons. The van der Waals surface area contributed by atoms with Crippen LogP contribution in [0.3, 0.4) is 0 Å². The summed E-state index contributed by atoms with van der Waals surface area (Å²) in [6.45, 7) is 5.80. The van der Waals surface area contributed by atoms with Gasteiger partial charge in [-0.3, -0.25) is 25.4 Å². The number of amides is 2. The third-order valence-electron chi connectivity index (χ3n) is 4.54. The summed E-state index contributed by atoms with van der Waals surface area (Å²) in [6, 6.07) is 9.19. The largest absolute Gasteiger partial charge is 0.444 e. The number of hydrogen-bond acceptors (Lipinski definition) is 8. The predicted molar refractivity (Wildman–Crippen MR) is 122 cm³/mol. The van der Waals surface area contributed by atoms with Crippen LogP contribution in [0.25, 0.3) is 0 Å². The van der Waals surface area contributed by atoms with E-state index in [4.69, 9.17) is 9.94 Å². The Bertz CT molecular complexity index is 1160. The van der Waals surface area contributed by atoms with E-state index in [1.165, 1.54) is 60.9 Å². The molecule has 0 bridgehead atoms. The van der Waals surface area contributed by atoms with Crippen LogP contribution in [0.5, 0.6) is 0 Å². The topological polar surface area (TPSA) is 168 Å². The van der Waals surface area contributed by atoms with Crippen molar-refractivity contribution >= 4 is 33.4 Å². The van der Waals surface area contributed by atoms with E-state index in [2.05, 4.69) is 5.32 Å². The van der Waals surface area contributed by atoms with Crippen LogP contribution in [0, 0.1) is 10.1 Å². The maximum Gasteiger partial charge on any atom is 0.412 e. The quantitative estimate of drug-likeness (QED) is 0.286. The van der Waals surface area contributed by atoms with Crippen LogP contribution in [0.4, 0.5) is 16.2 Å². The third kappa shape index (κ3) is 6.73. The van der Waals surface area contributed by atoms with Crippen molar-refractivity contribution in [3.8, 4) is 0 Å². The number of sulfonamides is 1. The summed E-state index contributed by atoms with van der Waals surface area (Å²) in [7, 11) is -4.38. The van der Waals surface area contributed by atoms with Crippen molar-refractivity contribution in [3.63, 3.8) is 0 Å². The first-order valence-electron chi connectivity index (χ1n) is 10.0. The van der Waals surface area contributed by atoms with E-state index in [1.807, 2.05) is 0 Å². The molecule has 13 heteroatoms. The van der Waals surface area contributed by atoms with Crippen LogP contribution in [-0.4, -0.2) is 46.5 Å². The third-order valence-corrected chi connectivity index (χ3v) is 6.47. The Kier molecular flexibility index (Phi) is 8.31. The summed E-state index contributed by atoms with van der Waals surface area (Å²) in [4.78, 5) is 34.5. The Morgan fingerprint density at radius 2 is 1.74 bits per heavy atom. The van der Waals surface area contributed by atoms with E-state index >= 15 is 0 Å². The Morgan fingerprint density at radius 1 is 1.15 bits per heavy atom. The molecule has 34 heavy (non-hydrogen) atoms. The smallest absolute Gasteiger partial charge is 0.412 e. The molecule has 0 aliphatic carbocycles. The van der Waals surface area contributed by atoms with Gasteiger partial charge in [0.15, 0.2) is 0 Å². The predicted octanol–water partition coefficient (Wildman–Crippen LogP) is 3.03. The monoisotopic (exact) mass is 494 g/mol. The summed E-state index contributed by atoms with van der Waals surface area (Å²) in [5, 5.41) is 22.9. The van der Waals surface area contributed by atoms with Crippen molar-refractivity contribution < 1.29 is 32.9 Å². The van der Waals surface area contributed by atoms with Crippen LogP contribution in [-0.2, 0) is 26.1 Å². The zero-order chi connectivity index (χ0) is 25.7. The lowest BCUT2D eigenvalue weighted by molar-refractivity contribution is -0.385. The highest BCUT2D eigenvalue weighted by atomic mass is 32.2. The van der Waals surface area contributed by atoms with Crippen LogP contribution >= 0.6 is 0 Å². The van der Waals surface area contributed by atoms with E-state index in [1.54, 1.807) is 20.8 Å². The standard InChI is InChI=1S/C21H26N4O8S/c1-14(19(26)23-28)24(13-15-7-5-6-8-18(15)25(29)30)34(31,32)17-11-9-16(10-12-17)22-20(27)33-21(2,3)4/h5-12,14,28H,13H2,1-4H3,(H,22,27)(H,23,26)/t14-/m0/s1. The van der Waals surface area contributed by atoms with Gasteiger partial charge in [0.2, 0.25) is 10.0 Å². The molecule has 0 heterocycles. The van der Waals surface area contributed by atoms with E-state index < -0.39 is 45.1 Å². The van der Waals surface area contributed by atoms with Crippen molar-refractivity contribution in [2.24, 2.45) is 0 Å². The number of carbonyl (C=O) groups excluding carboxylic acids is 2. The van der Waals surface area contributed by atoms with E-state index in [9.17, 15) is 28.1 Å². The fraction of sp³-hybridized carbons (Fsp3) is 0.333. The first-order chi connectivity index (χ1) is 15.8. The highest BCUT2D eigenvalue weighted by molar-refractivity contribution is 7.89. The van der Waals surface area contributed by atoms with Crippen LogP contribution < -0.4 is 10.8 Å². The Hall–Kier alpha value is -3.55. The molecule has 0 saturated carbocycles. The molecule has 0 fully saturated rings. The Morgan fingerprint density at radius 3 is 2.26 bits per heavy atom. The number of carbonyl (C=O) groups is 2. The number of nitrogens with zero attached hydrogens (tertiary/aromatic N) is 2. The average molecular weight is 495 g/mol. The highest BCUT2D eigenvalue weighted by Gasteiger charge is 2.34. The normalized spacial score (nSPS) is 12.6. The van der Waals surface area contributed by atoms with Gasteiger partial charge in [0, 0.05) is 23.9 Å². The molecule has 3 N–H and O–H groups in total. The molecular weight excluding hydrogens is 468 g/mol. The summed E-state index contributed by atoms with van der Waals surface area (Å²) in [5.74, 6) is -1.02. The molecule has 0 saturated heterocycles. The number of benzene rings is 2. The van der Waals surface area contributed by atoms with Crippen molar-refractivity contribution in [3.05, 3.63) is 64.2 Å². The molecule has 2 aromatic rings. The molecule has 184 valence electrons. The van der Waals surface area contributed by atoms with Crippen LogP contribution in [0.2, 0.25) is 0 Å². The molecule has 12 nitrogen and oxygen atoms in total. The molecule has 0 aliphatic heterocycles. The zero-order valence-corrected chi connectivity index (χ0v) is 19.8. The summed E-state index contributed by atoms with van der Waals surface area (Å²) in [5.41, 5.74) is 0.669. The number of anilines is 1. The number of hydroxylamine groups is 1. The van der Waals surface area contributed by atoms with Gasteiger partial charge in [-0.2, -0.15) is 4.31 Å². The number of hydrogen-bond donors (Lipinski definition) is 3. The Labute approximate surface area is 196 Å². The molecule has 2 amide bonds. The second kappa shape index (κ2) is 10.6. The van der Waals surface area contributed by atoms with Gasteiger partial charge in [-0.05, 0) is 52.0 Å². The van der Waals surface area contributed by atoms with E-state index in [0.29, 0.717) is 0 Å². The summed E-state index contributed by atoms with van der Waals surface area (Å²) in [6.07, 6.45) is -0.727. The second-order valence-electron chi connectivity index (χ2n) is 8.24. The van der Waals surface area contributed by atoms with Gasteiger partial charge in [0.1, 0.15) is 11.6 Å². The lowest BCUT2D eigenvalue weighted by Crippen LogP contribution is -2.46. The van der Waals surface area contributed by atoms with Crippen molar-refractivity contribution in [1.82, 2.24) is 9.79 Å². The van der Waals surface area contributed by atoms with Gasteiger partial charge >= 0.3 is 6.09 Å². The summed E-state index contributed by atoms with van der Waals surface area (Å²) >= 11 is 0. The van der Waals surface area contributed by atoms with E-state index in [0.717, 1.165) is 4.31 Å². The minimum atomic E-state index is -4.38. The fourth-order valence-electron chi connectivity index (χ4n) is 2.91. The number of ether oxygens (including phenoxy) is 1. The first kappa shape index (κ1) is 26.7. The lowest BCUT2D eigenvalue weighted by Gasteiger charge is -2.27. The zero-order valence-electron chi connectivity index (χ0n) is 19.0.